The van der Waals surface area contributed by atoms with Crippen molar-refractivity contribution in [1.29, 1.82) is 0 Å². The molecule has 2 aliphatic rings. The van der Waals surface area contributed by atoms with Crippen LogP contribution < -0.4 is 5.32 Å². The summed E-state index contributed by atoms with van der Waals surface area (Å²) in [6.07, 6.45) is 6.04. The van der Waals surface area contributed by atoms with Crippen LogP contribution >= 0.6 is 23.2 Å². The Morgan fingerprint density at radius 1 is 1.03 bits per heavy atom. The molecular formula is C29H33Cl2N3O4. The molecule has 0 saturated heterocycles. The van der Waals surface area contributed by atoms with Crippen LogP contribution in [0.25, 0.3) is 0 Å². The van der Waals surface area contributed by atoms with Crippen LogP contribution in [0.15, 0.2) is 42.5 Å². The number of imide groups is 1. The summed E-state index contributed by atoms with van der Waals surface area (Å²) >= 11 is 12.5. The van der Waals surface area contributed by atoms with Gasteiger partial charge in [-0.3, -0.25) is 24.1 Å². The van der Waals surface area contributed by atoms with E-state index in [0.29, 0.717) is 33.2 Å². The minimum absolute atomic E-state index is 0.0752. The molecule has 1 fully saturated rings. The molecule has 2 aromatic rings. The third-order valence-corrected chi connectivity index (χ3v) is 7.93. The standard InChI is InChI=1S/C29H33Cl2N3O4/c1-2-25(27(36)32-21-9-4-3-5-10-21)34(18-19-14-15-20(30)17-24(19)31)26(35)13-8-16-33-28(37)22-11-6-7-12-23(22)29(33)38/h6-7,11-12,14-15,17,21,25H,2-5,8-10,13,16,18H2,1H3,(H,32,36)/t25-/m0/s1. The second-order valence-electron chi connectivity index (χ2n) is 9.94. The van der Waals surface area contributed by atoms with Crippen LogP contribution in [0.4, 0.5) is 0 Å². The van der Waals surface area contributed by atoms with Gasteiger partial charge in [0.1, 0.15) is 6.04 Å². The Morgan fingerprint density at radius 2 is 1.68 bits per heavy atom. The number of benzene rings is 2. The van der Waals surface area contributed by atoms with Gasteiger partial charge in [0.05, 0.1) is 11.1 Å². The number of nitrogens with zero attached hydrogens (tertiary/aromatic N) is 2. The zero-order chi connectivity index (χ0) is 27.2. The molecular weight excluding hydrogens is 525 g/mol. The van der Waals surface area contributed by atoms with E-state index in [1.54, 1.807) is 47.4 Å². The van der Waals surface area contributed by atoms with Gasteiger partial charge in [-0.05, 0) is 55.5 Å². The number of nitrogens with one attached hydrogen (secondary N) is 1. The Hall–Kier alpha value is -2.90. The second kappa shape index (κ2) is 12.8. The fourth-order valence-corrected chi connectivity index (χ4v) is 5.74. The van der Waals surface area contributed by atoms with Crippen molar-refractivity contribution in [2.75, 3.05) is 6.54 Å². The van der Waals surface area contributed by atoms with Crippen LogP contribution in [-0.4, -0.2) is 52.1 Å². The molecule has 4 amide bonds. The maximum Gasteiger partial charge on any atom is 0.261 e. The third kappa shape index (κ3) is 6.38. The molecule has 0 unspecified atom stereocenters. The predicted molar refractivity (Wildman–Crippen MR) is 147 cm³/mol. The van der Waals surface area contributed by atoms with E-state index in [4.69, 9.17) is 23.2 Å². The monoisotopic (exact) mass is 557 g/mol. The Balaban J connectivity index is 1.46. The van der Waals surface area contributed by atoms with Gasteiger partial charge in [0.25, 0.3) is 11.8 Å². The predicted octanol–water partition coefficient (Wildman–Crippen LogP) is 5.63. The van der Waals surface area contributed by atoms with Crippen molar-refractivity contribution in [3.8, 4) is 0 Å². The number of amides is 4. The molecule has 1 atom stereocenters. The minimum Gasteiger partial charge on any atom is -0.352 e. The van der Waals surface area contributed by atoms with E-state index in [0.717, 1.165) is 25.7 Å². The summed E-state index contributed by atoms with van der Waals surface area (Å²) in [6.45, 7) is 2.16. The lowest BCUT2D eigenvalue weighted by Gasteiger charge is -2.33. The lowest BCUT2D eigenvalue weighted by Crippen LogP contribution is -2.51. The zero-order valence-electron chi connectivity index (χ0n) is 21.6. The van der Waals surface area contributed by atoms with Gasteiger partial charge in [-0.15, -0.1) is 0 Å². The van der Waals surface area contributed by atoms with Crippen molar-refractivity contribution in [2.45, 2.75) is 76.9 Å². The van der Waals surface area contributed by atoms with E-state index < -0.39 is 6.04 Å². The number of hydrogen-bond donors (Lipinski definition) is 1. The van der Waals surface area contributed by atoms with Gasteiger partial charge in [0, 0.05) is 35.6 Å². The van der Waals surface area contributed by atoms with Crippen molar-refractivity contribution >= 4 is 46.8 Å². The maximum atomic E-state index is 13.6. The van der Waals surface area contributed by atoms with Crippen LogP contribution in [0.1, 0.15) is 84.6 Å². The molecule has 1 N–H and O–H groups in total. The summed E-state index contributed by atoms with van der Waals surface area (Å²) in [6, 6.07) is 11.2. The van der Waals surface area contributed by atoms with Gasteiger partial charge in [-0.1, -0.05) is 67.6 Å². The molecule has 2 aromatic carbocycles. The molecule has 0 bridgehead atoms. The summed E-state index contributed by atoms with van der Waals surface area (Å²) in [7, 11) is 0. The highest BCUT2D eigenvalue weighted by molar-refractivity contribution is 6.35. The molecule has 0 spiro atoms. The average molecular weight is 559 g/mol. The van der Waals surface area contributed by atoms with Gasteiger partial charge in [-0.2, -0.15) is 0 Å². The first-order valence-electron chi connectivity index (χ1n) is 13.3. The Kier molecular flexibility index (Phi) is 9.44. The number of fused-ring (bicyclic) bond motifs is 1. The molecule has 38 heavy (non-hydrogen) atoms. The molecule has 202 valence electrons. The number of carbonyl (C=O) groups excluding carboxylic acids is 4. The normalized spacial score (nSPS) is 16.3. The Morgan fingerprint density at radius 3 is 2.29 bits per heavy atom. The molecule has 9 heteroatoms. The van der Waals surface area contributed by atoms with E-state index in [9.17, 15) is 19.2 Å². The zero-order valence-corrected chi connectivity index (χ0v) is 23.1. The quantitative estimate of drug-likeness (QED) is 0.383. The van der Waals surface area contributed by atoms with Crippen molar-refractivity contribution in [3.05, 3.63) is 69.2 Å². The van der Waals surface area contributed by atoms with Crippen molar-refractivity contribution in [3.63, 3.8) is 0 Å². The van der Waals surface area contributed by atoms with Gasteiger partial charge >= 0.3 is 0 Å². The van der Waals surface area contributed by atoms with E-state index in [2.05, 4.69) is 5.32 Å². The largest absolute Gasteiger partial charge is 0.352 e. The minimum atomic E-state index is -0.671. The summed E-state index contributed by atoms with van der Waals surface area (Å²) in [4.78, 5) is 55.0. The van der Waals surface area contributed by atoms with Crippen molar-refractivity contribution in [2.24, 2.45) is 0 Å². The average Bonchev–Trinajstić information content (AvgIpc) is 3.15. The van der Waals surface area contributed by atoms with Gasteiger partial charge < -0.3 is 10.2 Å². The summed E-state index contributed by atoms with van der Waals surface area (Å²) in [5.41, 5.74) is 1.45. The molecule has 1 aliphatic carbocycles. The SMILES string of the molecule is CC[C@@H](C(=O)NC1CCCCC1)N(Cc1ccc(Cl)cc1Cl)C(=O)CCCN1C(=O)c2ccccc2C1=O. The van der Waals surface area contributed by atoms with E-state index in [1.165, 1.54) is 11.3 Å². The maximum absolute atomic E-state index is 13.6. The van der Waals surface area contributed by atoms with Crippen LogP contribution in [0.3, 0.4) is 0 Å². The Labute approximate surface area is 233 Å². The molecule has 1 saturated carbocycles. The van der Waals surface area contributed by atoms with E-state index >= 15 is 0 Å². The Bertz CT molecular complexity index is 1180. The first-order chi connectivity index (χ1) is 18.3. The molecule has 7 nitrogen and oxygen atoms in total. The molecule has 0 radical (unpaired) electrons. The first-order valence-corrected chi connectivity index (χ1v) is 14.0. The van der Waals surface area contributed by atoms with Gasteiger partial charge in [0.2, 0.25) is 11.8 Å². The number of hydrogen-bond acceptors (Lipinski definition) is 4. The van der Waals surface area contributed by atoms with Gasteiger partial charge in [0.15, 0.2) is 0 Å². The molecule has 1 aliphatic heterocycles. The number of rotatable bonds is 10. The lowest BCUT2D eigenvalue weighted by atomic mass is 9.95. The number of carbonyl (C=O) groups is 4. The number of halogens is 2. The highest BCUT2D eigenvalue weighted by Gasteiger charge is 2.35. The fourth-order valence-electron chi connectivity index (χ4n) is 5.27. The molecule has 4 rings (SSSR count). The highest BCUT2D eigenvalue weighted by Crippen LogP contribution is 2.26. The lowest BCUT2D eigenvalue weighted by molar-refractivity contribution is -0.141. The van der Waals surface area contributed by atoms with Crippen LogP contribution in [-0.2, 0) is 16.1 Å². The second-order valence-corrected chi connectivity index (χ2v) is 10.8. The van der Waals surface area contributed by atoms with Crippen LogP contribution in [0.2, 0.25) is 10.0 Å². The molecule has 1 heterocycles. The smallest absolute Gasteiger partial charge is 0.261 e. The molecule has 0 aromatic heterocycles. The summed E-state index contributed by atoms with van der Waals surface area (Å²) in [5, 5.41) is 4.06. The first kappa shape index (κ1) is 28.1. The van der Waals surface area contributed by atoms with Crippen molar-refractivity contribution < 1.29 is 19.2 Å². The summed E-state index contributed by atoms with van der Waals surface area (Å²) < 4.78 is 0. The van der Waals surface area contributed by atoms with E-state index in [-0.39, 0.29) is 55.6 Å². The van der Waals surface area contributed by atoms with Crippen LogP contribution in [0, 0.1) is 0 Å². The fraction of sp³-hybridized carbons (Fsp3) is 0.448. The van der Waals surface area contributed by atoms with Gasteiger partial charge in [-0.25, -0.2) is 0 Å². The summed E-state index contributed by atoms with van der Waals surface area (Å²) in [5.74, 6) is -1.10. The third-order valence-electron chi connectivity index (χ3n) is 7.34. The van der Waals surface area contributed by atoms with E-state index in [1.807, 2.05) is 6.92 Å². The van der Waals surface area contributed by atoms with Crippen LogP contribution in [0.5, 0.6) is 0 Å². The highest BCUT2D eigenvalue weighted by atomic mass is 35.5. The topological polar surface area (TPSA) is 86.8 Å². The van der Waals surface area contributed by atoms with Crippen molar-refractivity contribution in [1.82, 2.24) is 15.1 Å².